The molecule has 0 aliphatic rings. The molecule has 0 aliphatic heterocycles. The predicted molar refractivity (Wildman–Crippen MR) is 138 cm³/mol. The highest BCUT2D eigenvalue weighted by molar-refractivity contribution is 7.30. The fourth-order valence-corrected chi connectivity index (χ4v) is 4.08. The number of hydrogen-bond donors (Lipinski definition) is 2. The van der Waals surface area contributed by atoms with Crippen LogP contribution in [0.2, 0.25) is 0 Å². The second-order valence-corrected chi connectivity index (χ2v) is 8.36. The van der Waals surface area contributed by atoms with Gasteiger partial charge in [-0.2, -0.15) is 0 Å². The third kappa shape index (κ3) is 6.29. The number of nitrogens with zero attached hydrogens (tertiary/aromatic N) is 3. The zero-order valence-corrected chi connectivity index (χ0v) is 20.7. The van der Waals surface area contributed by atoms with Gasteiger partial charge in [-0.15, -0.1) is 14.9 Å². The van der Waals surface area contributed by atoms with Crippen molar-refractivity contribution in [3.8, 4) is 11.8 Å². The number of rotatable bonds is 6. The van der Waals surface area contributed by atoms with Gasteiger partial charge in [0.1, 0.15) is 11.9 Å². The van der Waals surface area contributed by atoms with Crippen LogP contribution in [0.3, 0.4) is 0 Å². The maximum absolute atomic E-state index is 8.70. The second-order valence-electron chi connectivity index (χ2n) is 7.86. The van der Waals surface area contributed by atoms with Crippen molar-refractivity contribution in [1.82, 2.24) is 14.8 Å². The van der Waals surface area contributed by atoms with Gasteiger partial charge in [0.25, 0.3) is 0 Å². The third-order valence-electron chi connectivity index (χ3n) is 5.78. The van der Waals surface area contributed by atoms with Crippen LogP contribution in [0.5, 0.6) is 0 Å². The predicted octanol–water partition coefficient (Wildman–Crippen LogP) is 5.53. The quantitative estimate of drug-likeness (QED) is 0.212. The maximum atomic E-state index is 8.70. The minimum Gasteiger partial charge on any atom is -0.232 e. The first-order chi connectivity index (χ1) is 17.0. The van der Waals surface area contributed by atoms with Crippen molar-refractivity contribution in [3.05, 3.63) is 120 Å². The Morgan fingerprint density at radius 1 is 0.829 bits per heavy atom. The Labute approximate surface area is 207 Å². The van der Waals surface area contributed by atoms with Gasteiger partial charge >= 0.3 is 8.25 Å². The Morgan fingerprint density at radius 2 is 1.23 bits per heavy atom. The second kappa shape index (κ2) is 12.7. The van der Waals surface area contributed by atoms with Crippen LogP contribution in [-0.4, -0.2) is 24.6 Å². The molecule has 0 saturated carbocycles. The summed E-state index contributed by atoms with van der Waals surface area (Å²) >= 11 is 0. The molecule has 1 heterocycles. The highest BCUT2D eigenvalue weighted by Crippen LogP contribution is 2.39. The summed E-state index contributed by atoms with van der Waals surface area (Å²) in [7, 11) is -2.87. The monoisotopic (exact) mass is 486 g/mol. The Balaban J connectivity index is 0.000000795. The summed E-state index contributed by atoms with van der Waals surface area (Å²) in [6, 6.07) is 31.4. The van der Waals surface area contributed by atoms with E-state index in [0.717, 1.165) is 29.5 Å². The van der Waals surface area contributed by atoms with Gasteiger partial charge in [0, 0.05) is 10.5 Å². The van der Waals surface area contributed by atoms with E-state index in [-0.39, 0.29) is 0 Å². The van der Waals surface area contributed by atoms with Crippen molar-refractivity contribution in [3.63, 3.8) is 0 Å². The van der Waals surface area contributed by atoms with E-state index in [2.05, 4.69) is 103 Å². The first kappa shape index (κ1) is 26.0. The molecule has 1 aromatic heterocycles. The van der Waals surface area contributed by atoms with Crippen LogP contribution in [0.1, 0.15) is 49.2 Å². The standard InChI is InChI=1S/C28H27N3.HO3P/c1-3-23(4-2)20-21-27-29-22-31(30-27)28(24-14-8-5-9-15-24,25-16-10-6-11-17-25)26-18-12-7-13-19-26;1-4(2)3/h5-19,22-23H,3-4H2,1-2H3;(H-,1,2,3)/p+1. The Morgan fingerprint density at radius 3 is 1.60 bits per heavy atom. The summed E-state index contributed by atoms with van der Waals surface area (Å²) in [6.45, 7) is 4.33. The summed E-state index contributed by atoms with van der Waals surface area (Å²) in [4.78, 5) is 18.8. The van der Waals surface area contributed by atoms with Crippen LogP contribution in [0.25, 0.3) is 0 Å². The van der Waals surface area contributed by atoms with Crippen LogP contribution in [0.15, 0.2) is 97.3 Å². The van der Waals surface area contributed by atoms with Crippen molar-refractivity contribution in [2.24, 2.45) is 5.92 Å². The number of aromatic nitrogens is 3. The average molecular weight is 487 g/mol. The highest BCUT2D eigenvalue weighted by atomic mass is 31.1. The molecule has 4 aromatic rings. The van der Waals surface area contributed by atoms with Crippen molar-refractivity contribution in [2.45, 2.75) is 32.2 Å². The van der Waals surface area contributed by atoms with Gasteiger partial charge in [0.05, 0.1) is 0 Å². The molecule has 0 atom stereocenters. The van der Waals surface area contributed by atoms with Crippen molar-refractivity contribution in [1.29, 1.82) is 0 Å². The van der Waals surface area contributed by atoms with Crippen molar-refractivity contribution >= 4 is 8.25 Å². The summed E-state index contributed by atoms with van der Waals surface area (Å²) in [5.41, 5.74) is 2.72. The summed E-state index contributed by atoms with van der Waals surface area (Å²) in [5.74, 6) is 7.46. The van der Waals surface area contributed by atoms with E-state index in [4.69, 9.17) is 19.5 Å². The van der Waals surface area contributed by atoms with Crippen LogP contribution < -0.4 is 0 Å². The molecule has 0 radical (unpaired) electrons. The minimum absolute atomic E-state index is 0.370. The Hall–Kier alpha value is -3.62. The molecule has 2 N–H and O–H groups in total. The van der Waals surface area contributed by atoms with E-state index < -0.39 is 13.8 Å². The smallest absolute Gasteiger partial charge is 0.232 e. The van der Waals surface area contributed by atoms with Gasteiger partial charge in [-0.25, -0.2) is 9.67 Å². The first-order valence-corrected chi connectivity index (χ1v) is 12.6. The minimum atomic E-state index is -2.87. The van der Waals surface area contributed by atoms with E-state index >= 15 is 0 Å². The summed E-state index contributed by atoms with van der Waals surface area (Å²) in [6.07, 6.45) is 3.88. The molecule has 4 rings (SSSR count). The first-order valence-electron chi connectivity index (χ1n) is 11.5. The highest BCUT2D eigenvalue weighted by Gasteiger charge is 2.39. The maximum Gasteiger partial charge on any atom is 0.692 e. The van der Waals surface area contributed by atoms with Gasteiger partial charge in [0.2, 0.25) is 5.82 Å². The Kier molecular flexibility index (Phi) is 9.46. The Bertz CT molecular complexity index is 1160. The largest absolute Gasteiger partial charge is 0.692 e. The molecule has 0 bridgehead atoms. The van der Waals surface area contributed by atoms with Gasteiger partial charge in [-0.05, 0) is 35.5 Å². The van der Waals surface area contributed by atoms with E-state index in [0.29, 0.717) is 11.7 Å². The fourth-order valence-electron chi connectivity index (χ4n) is 4.08. The molecule has 7 heteroatoms. The van der Waals surface area contributed by atoms with Gasteiger partial charge < -0.3 is 0 Å². The van der Waals surface area contributed by atoms with Crippen molar-refractivity contribution in [2.75, 3.05) is 0 Å². The fraction of sp³-hybridized carbons (Fsp3) is 0.214. The SMILES string of the molecule is CCC(C#Cc1ncn(C(c2ccccc2)(c2ccccc2)c2ccccc2)n1)CC.O=[P+](O)O. The van der Waals surface area contributed by atoms with E-state index in [1.165, 1.54) is 0 Å². The molecule has 3 aromatic carbocycles. The van der Waals surface area contributed by atoms with Gasteiger partial charge in [0.15, 0.2) is 0 Å². The lowest BCUT2D eigenvalue weighted by Crippen LogP contribution is -2.38. The molecule has 35 heavy (non-hydrogen) atoms. The summed E-state index contributed by atoms with van der Waals surface area (Å²) in [5, 5.41) is 4.88. The molecule has 6 nitrogen and oxygen atoms in total. The molecule has 0 unspecified atom stereocenters. The molecule has 178 valence electrons. The van der Waals surface area contributed by atoms with E-state index in [1.54, 1.807) is 0 Å². The normalized spacial score (nSPS) is 10.7. The third-order valence-corrected chi connectivity index (χ3v) is 5.78. The molecular weight excluding hydrogens is 457 g/mol. The molecule has 0 fully saturated rings. The molecule has 0 aliphatic carbocycles. The average Bonchev–Trinajstić information content (AvgIpc) is 3.36. The molecule has 0 amide bonds. The number of hydrogen-bond acceptors (Lipinski definition) is 3. The molecular formula is C28H29N3O3P+. The van der Waals surface area contributed by atoms with Gasteiger partial charge in [-0.3, -0.25) is 0 Å². The zero-order valence-electron chi connectivity index (χ0n) is 19.8. The lowest BCUT2D eigenvalue weighted by Gasteiger charge is -2.35. The zero-order chi connectivity index (χ0) is 25.1. The van der Waals surface area contributed by atoms with Crippen molar-refractivity contribution < 1.29 is 14.4 Å². The van der Waals surface area contributed by atoms with Crippen LogP contribution in [0, 0.1) is 17.8 Å². The molecule has 0 spiro atoms. The van der Waals surface area contributed by atoms with E-state index in [9.17, 15) is 0 Å². The lowest BCUT2D eigenvalue weighted by molar-refractivity contribution is 0.405. The van der Waals surface area contributed by atoms with E-state index in [1.807, 2.05) is 29.2 Å². The van der Waals surface area contributed by atoms with Gasteiger partial charge in [-0.1, -0.05) is 111 Å². The van der Waals surface area contributed by atoms with Crippen LogP contribution in [-0.2, 0) is 10.1 Å². The molecule has 0 saturated heterocycles. The summed E-state index contributed by atoms with van der Waals surface area (Å²) < 4.78 is 10.7. The number of benzene rings is 3. The van der Waals surface area contributed by atoms with Crippen LogP contribution in [0.4, 0.5) is 0 Å². The topological polar surface area (TPSA) is 88.2 Å². The lowest BCUT2D eigenvalue weighted by atomic mass is 9.77. The van der Waals surface area contributed by atoms with Crippen LogP contribution >= 0.6 is 8.25 Å².